The minimum atomic E-state index is 0.369. The Morgan fingerprint density at radius 2 is 2.00 bits per heavy atom. The molecule has 0 bridgehead atoms. The third-order valence-electron chi connectivity index (χ3n) is 4.10. The number of nitrogens with one attached hydrogen (secondary N) is 1. The molecule has 0 spiro atoms. The van der Waals surface area contributed by atoms with Gasteiger partial charge in [-0.1, -0.05) is 47.1 Å². The Morgan fingerprint density at radius 3 is 2.83 bits per heavy atom. The van der Waals surface area contributed by atoms with Crippen LogP contribution in [0.1, 0.15) is 6.42 Å². The maximum atomic E-state index is 6.02. The van der Waals surface area contributed by atoms with E-state index < -0.39 is 0 Å². The molecule has 6 heteroatoms. The molecule has 24 heavy (non-hydrogen) atoms. The van der Waals surface area contributed by atoms with E-state index in [2.05, 4.69) is 32.5 Å². The molecule has 0 amide bonds. The highest BCUT2D eigenvalue weighted by Crippen LogP contribution is 2.25. The molecule has 2 heterocycles. The number of para-hydroxylation sites is 1. The molecule has 1 saturated heterocycles. The normalized spacial score (nSPS) is 17.2. The lowest BCUT2D eigenvalue weighted by Gasteiger charge is -2.15. The molecule has 1 fully saturated rings. The Morgan fingerprint density at radius 1 is 1.12 bits per heavy atom. The van der Waals surface area contributed by atoms with E-state index in [0.717, 1.165) is 30.8 Å². The molecule has 4 rings (SSSR count). The fraction of sp³-hybridized carbons (Fsp3) is 0.222. The van der Waals surface area contributed by atoms with Crippen molar-refractivity contribution in [2.24, 2.45) is 0 Å². The van der Waals surface area contributed by atoms with E-state index in [-0.39, 0.29) is 0 Å². The van der Waals surface area contributed by atoms with Gasteiger partial charge in [0.15, 0.2) is 0 Å². The van der Waals surface area contributed by atoms with Gasteiger partial charge in [-0.2, -0.15) is 4.98 Å². The van der Waals surface area contributed by atoms with E-state index in [1.807, 2.05) is 42.5 Å². The smallest absolute Gasteiger partial charge is 0.324 e. The van der Waals surface area contributed by atoms with Crippen LogP contribution in [0.4, 0.5) is 11.7 Å². The fourth-order valence-electron chi connectivity index (χ4n) is 2.91. The van der Waals surface area contributed by atoms with Crippen molar-refractivity contribution in [1.82, 2.24) is 10.1 Å². The summed E-state index contributed by atoms with van der Waals surface area (Å²) in [6.07, 6.45) is 1.03. The van der Waals surface area contributed by atoms with Gasteiger partial charge >= 0.3 is 6.01 Å². The van der Waals surface area contributed by atoms with E-state index in [0.29, 0.717) is 22.9 Å². The number of nitrogens with zero attached hydrogens (tertiary/aromatic N) is 3. The van der Waals surface area contributed by atoms with Gasteiger partial charge in [0.1, 0.15) is 0 Å². The minimum absolute atomic E-state index is 0.369. The maximum absolute atomic E-state index is 6.02. The summed E-state index contributed by atoms with van der Waals surface area (Å²) in [5, 5.41) is 8.27. The van der Waals surface area contributed by atoms with Crippen LogP contribution >= 0.6 is 11.6 Å². The predicted octanol–water partition coefficient (Wildman–Crippen LogP) is 4.08. The molecule has 1 aromatic heterocycles. The molecular formula is C18H17ClN4O. The zero-order valence-corrected chi connectivity index (χ0v) is 13.8. The van der Waals surface area contributed by atoms with Crippen molar-refractivity contribution in [1.29, 1.82) is 0 Å². The lowest BCUT2D eigenvalue weighted by Crippen LogP contribution is -2.26. The summed E-state index contributed by atoms with van der Waals surface area (Å²) in [5.41, 5.74) is 1.99. The Hall–Kier alpha value is -2.53. The predicted molar refractivity (Wildman–Crippen MR) is 95.4 cm³/mol. The lowest BCUT2D eigenvalue weighted by atomic mass is 10.2. The summed E-state index contributed by atoms with van der Waals surface area (Å²) < 4.78 is 5.44. The quantitative estimate of drug-likeness (QED) is 0.775. The molecule has 122 valence electrons. The molecule has 1 atom stereocenters. The van der Waals surface area contributed by atoms with Gasteiger partial charge in [-0.15, -0.1) is 0 Å². The van der Waals surface area contributed by atoms with Crippen molar-refractivity contribution < 1.29 is 4.52 Å². The monoisotopic (exact) mass is 340 g/mol. The minimum Gasteiger partial charge on any atom is -0.380 e. The molecule has 1 aliphatic rings. The van der Waals surface area contributed by atoms with Gasteiger partial charge in [0.05, 0.1) is 0 Å². The first-order chi connectivity index (χ1) is 11.8. The maximum Gasteiger partial charge on any atom is 0.324 e. The molecule has 1 unspecified atom stereocenters. The third-order valence-corrected chi connectivity index (χ3v) is 4.34. The summed E-state index contributed by atoms with van der Waals surface area (Å²) >= 11 is 6.02. The van der Waals surface area contributed by atoms with Crippen LogP contribution in [-0.2, 0) is 0 Å². The molecule has 1 N–H and O–H groups in total. The van der Waals surface area contributed by atoms with Gasteiger partial charge in [-0.05, 0) is 30.7 Å². The van der Waals surface area contributed by atoms with Gasteiger partial charge in [0.25, 0.3) is 0 Å². The van der Waals surface area contributed by atoms with E-state index >= 15 is 0 Å². The summed E-state index contributed by atoms with van der Waals surface area (Å²) in [7, 11) is 0. The van der Waals surface area contributed by atoms with Crippen molar-refractivity contribution >= 4 is 23.3 Å². The first kappa shape index (κ1) is 15.0. The van der Waals surface area contributed by atoms with E-state index in [1.54, 1.807) is 0 Å². The number of hydrogen-bond acceptors (Lipinski definition) is 5. The Balaban J connectivity index is 1.44. The second-order valence-corrected chi connectivity index (χ2v) is 6.29. The van der Waals surface area contributed by atoms with Crippen LogP contribution in [0, 0.1) is 0 Å². The first-order valence-corrected chi connectivity index (χ1v) is 8.32. The van der Waals surface area contributed by atoms with E-state index in [4.69, 9.17) is 16.1 Å². The number of halogens is 1. The van der Waals surface area contributed by atoms with Crippen molar-refractivity contribution in [3.8, 4) is 11.4 Å². The largest absolute Gasteiger partial charge is 0.380 e. The van der Waals surface area contributed by atoms with E-state index in [9.17, 15) is 0 Å². The van der Waals surface area contributed by atoms with Crippen LogP contribution in [0.15, 0.2) is 59.1 Å². The number of rotatable bonds is 4. The topological polar surface area (TPSA) is 54.2 Å². The highest BCUT2D eigenvalue weighted by molar-refractivity contribution is 6.30. The molecule has 2 aromatic carbocycles. The molecule has 0 saturated carbocycles. The van der Waals surface area contributed by atoms with E-state index in [1.165, 1.54) is 0 Å². The standard InChI is InChI=1S/C18H17ClN4O/c19-14-6-4-5-13(11-14)17-21-18(24-22-17)23-10-9-16(12-23)20-15-7-2-1-3-8-15/h1-8,11,16,20H,9-10,12H2. The van der Waals surface area contributed by atoms with Crippen LogP contribution in [-0.4, -0.2) is 29.3 Å². The highest BCUT2D eigenvalue weighted by atomic mass is 35.5. The Bertz CT molecular complexity index is 821. The zero-order chi connectivity index (χ0) is 16.4. The summed E-state index contributed by atoms with van der Waals surface area (Å²) in [6.45, 7) is 1.73. The summed E-state index contributed by atoms with van der Waals surface area (Å²) in [4.78, 5) is 6.62. The van der Waals surface area contributed by atoms with Crippen LogP contribution in [0.3, 0.4) is 0 Å². The number of anilines is 2. The Labute approximate surface area is 145 Å². The van der Waals surface area contributed by atoms with Gasteiger partial charge in [-0.3, -0.25) is 0 Å². The SMILES string of the molecule is Clc1cccc(-c2noc(N3CCC(Nc4ccccc4)C3)n2)c1. The van der Waals surface area contributed by atoms with Crippen molar-refractivity contribution in [2.75, 3.05) is 23.3 Å². The zero-order valence-electron chi connectivity index (χ0n) is 13.0. The van der Waals surface area contributed by atoms with Gasteiger partial charge in [0, 0.05) is 35.4 Å². The van der Waals surface area contributed by atoms with Crippen LogP contribution in [0.2, 0.25) is 5.02 Å². The van der Waals surface area contributed by atoms with Gasteiger partial charge in [-0.25, -0.2) is 0 Å². The molecule has 0 aliphatic carbocycles. The Kier molecular flexibility index (Phi) is 4.09. The van der Waals surface area contributed by atoms with Crippen molar-refractivity contribution in [2.45, 2.75) is 12.5 Å². The lowest BCUT2D eigenvalue weighted by molar-refractivity contribution is 0.419. The molecule has 5 nitrogen and oxygen atoms in total. The third kappa shape index (κ3) is 3.21. The van der Waals surface area contributed by atoms with Crippen molar-refractivity contribution in [3.63, 3.8) is 0 Å². The number of hydrogen-bond donors (Lipinski definition) is 1. The van der Waals surface area contributed by atoms with Crippen LogP contribution < -0.4 is 10.2 Å². The molecule has 3 aromatic rings. The van der Waals surface area contributed by atoms with Gasteiger partial charge < -0.3 is 14.7 Å². The second-order valence-electron chi connectivity index (χ2n) is 5.85. The van der Waals surface area contributed by atoms with Crippen LogP contribution in [0.5, 0.6) is 0 Å². The summed E-state index contributed by atoms with van der Waals surface area (Å²) in [6, 6.07) is 18.6. The first-order valence-electron chi connectivity index (χ1n) is 7.94. The highest BCUT2D eigenvalue weighted by Gasteiger charge is 2.26. The molecule has 1 aliphatic heterocycles. The molecule has 0 radical (unpaired) electrons. The van der Waals surface area contributed by atoms with Crippen LogP contribution in [0.25, 0.3) is 11.4 Å². The summed E-state index contributed by atoms with van der Waals surface area (Å²) in [5.74, 6) is 0.562. The second kappa shape index (κ2) is 6.53. The molecular weight excluding hydrogens is 324 g/mol. The fourth-order valence-corrected chi connectivity index (χ4v) is 3.10. The number of benzene rings is 2. The number of aromatic nitrogens is 2. The van der Waals surface area contributed by atoms with Crippen molar-refractivity contribution in [3.05, 3.63) is 59.6 Å². The average Bonchev–Trinajstić information content (AvgIpc) is 3.25. The average molecular weight is 341 g/mol. The van der Waals surface area contributed by atoms with Gasteiger partial charge in [0.2, 0.25) is 5.82 Å².